The third-order valence-corrected chi connectivity index (χ3v) is 3.05. The molecule has 1 N–H and O–H groups in total. The summed E-state index contributed by atoms with van der Waals surface area (Å²) in [5.41, 5.74) is 1.03. The van der Waals surface area contributed by atoms with Crippen LogP contribution in [0, 0.1) is 0 Å². The molecule has 0 saturated heterocycles. The van der Waals surface area contributed by atoms with Crippen molar-refractivity contribution in [2.45, 2.75) is 33.2 Å². The Kier molecular flexibility index (Phi) is 5.16. The first-order valence-corrected chi connectivity index (χ1v) is 7.07. The minimum Gasteiger partial charge on any atom is -0.477 e. The average molecular weight is 258 g/mol. The maximum Gasteiger partial charge on any atom is 0.221 e. The Bertz CT molecular complexity index is 525. The Morgan fingerprint density at radius 3 is 2.84 bits per heavy atom. The highest BCUT2D eigenvalue weighted by atomic mass is 16.5. The number of nitrogens with zero attached hydrogens (tertiary/aromatic N) is 1. The summed E-state index contributed by atoms with van der Waals surface area (Å²) in [7, 11) is 0. The van der Waals surface area contributed by atoms with Crippen LogP contribution in [0.1, 0.15) is 32.4 Å². The second-order valence-corrected chi connectivity index (χ2v) is 4.62. The van der Waals surface area contributed by atoms with E-state index in [4.69, 9.17) is 4.74 Å². The molecule has 0 aliphatic rings. The van der Waals surface area contributed by atoms with Gasteiger partial charge in [-0.05, 0) is 30.5 Å². The van der Waals surface area contributed by atoms with Crippen LogP contribution >= 0.6 is 0 Å². The second-order valence-electron chi connectivity index (χ2n) is 4.62. The first-order valence-electron chi connectivity index (χ1n) is 7.07. The third kappa shape index (κ3) is 3.67. The van der Waals surface area contributed by atoms with Crippen molar-refractivity contribution in [3.8, 4) is 5.88 Å². The van der Waals surface area contributed by atoms with Crippen molar-refractivity contribution in [3.63, 3.8) is 0 Å². The van der Waals surface area contributed by atoms with E-state index in [-0.39, 0.29) is 0 Å². The zero-order valence-corrected chi connectivity index (χ0v) is 11.8. The van der Waals surface area contributed by atoms with Crippen LogP contribution < -0.4 is 10.1 Å². The number of hydrogen-bond donors (Lipinski definition) is 1. The largest absolute Gasteiger partial charge is 0.477 e. The van der Waals surface area contributed by atoms with E-state index in [2.05, 4.69) is 48.4 Å². The summed E-state index contributed by atoms with van der Waals surface area (Å²) in [6.07, 6.45) is 2.20. The Hall–Kier alpha value is -1.61. The van der Waals surface area contributed by atoms with Gasteiger partial charge >= 0.3 is 0 Å². The number of benzene rings is 1. The van der Waals surface area contributed by atoms with Crippen LogP contribution in [0.3, 0.4) is 0 Å². The quantitative estimate of drug-likeness (QED) is 0.771. The van der Waals surface area contributed by atoms with Gasteiger partial charge in [-0.2, -0.15) is 0 Å². The lowest BCUT2D eigenvalue weighted by atomic mass is 10.1. The van der Waals surface area contributed by atoms with Crippen molar-refractivity contribution in [2.75, 3.05) is 13.2 Å². The number of hydrogen-bond acceptors (Lipinski definition) is 3. The van der Waals surface area contributed by atoms with Gasteiger partial charge in [-0.1, -0.05) is 38.5 Å². The Labute approximate surface area is 115 Å². The van der Waals surface area contributed by atoms with Crippen molar-refractivity contribution in [1.29, 1.82) is 0 Å². The molecule has 102 valence electrons. The van der Waals surface area contributed by atoms with Crippen LogP contribution in [-0.2, 0) is 6.54 Å². The number of fused-ring (bicyclic) bond motifs is 1. The molecule has 0 atom stereocenters. The van der Waals surface area contributed by atoms with Gasteiger partial charge in [-0.3, -0.25) is 0 Å². The van der Waals surface area contributed by atoms with Gasteiger partial charge in [0.05, 0.1) is 12.3 Å². The first kappa shape index (κ1) is 13.8. The summed E-state index contributed by atoms with van der Waals surface area (Å²) in [4.78, 5) is 4.63. The number of nitrogens with one attached hydrogen (secondary N) is 1. The van der Waals surface area contributed by atoms with Gasteiger partial charge in [0.1, 0.15) is 0 Å². The Morgan fingerprint density at radius 2 is 2.05 bits per heavy atom. The predicted molar refractivity (Wildman–Crippen MR) is 79.5 cm³/mol. The van der Waals surface area contributed by atoms with Crippen molar-refractivity contribution < 1.29 is 4.74 Å². The molecule has 0 radical (unpaired) electrons. The van der Waals surface area contributed by atoms with E-state index in [9.17, 15) is 0 Å². The van der Waals surface area contributed by atoms with Crippen LogP contribution in [-0.4, -0.2) is 18.1 Å². The van der Waals surface area contributed by atoms with Crippen LogP contribution in [0.15, 0.2) is 30.3 Å². The fourth-order valence-corrected chi connectivity index (χ4v) is 1.99. The highest BCUT2D eigenvalue weighted by molar-refractivity contribution is 5.87. The normalized spacial score (nSPS) is 10.8. The summed E-state index contributed by atoms with van der Waals surface area (Å²) >= 11 is 0. The fraction of sp³-hybridized carbons (Fsp3) is 0.438. The summed E-state index contributed by atoms with van der Waals surface area (Å²) in [5.74, 6) is 0.763. The number of unbranched alkanes of at least 4 members (excludes halogenated alkanes) is 1. The third-order valence-electron chi connectivity index (χ3n) is 3.05. The summed E-state index contributed by atoms with van der Waals surface area (Å²) in [6.45, 7) is 6.72. The van der Waals surface area contributed by atoms with Gasteiger partial charge in [0, 0.05) is 11.9 Å². The van der Waals surface area contributed by atoms with Crippen LogP contribution in [0.4, 0.5) is 0 Å². The number of ether oxygens (including phenoxy) is 1. The number of aromatic nitrogens is 1. The SMILES string of the molecule is CCCCOc1nc(CNCC)cc2ccccc12. The molecule has 0 saturated carbocycles. The predicted octanol–water partition coefficient (Wildman–Crippen LogP) is 3.52. The van der Waals surface area contributed by atoms with Crippen molar-refractivity contribution in [1.82, 2.24) is 10.3 Å². The van der Waals surface area contributed by atoms with E-state index in [0.29, 0.717) is 0 Å². The van der Waals surface area contributed by atoms with E-state index in [1.54, 1.807) is 0 Å². The van der Waals surface area contributed by atoms with Gasteiger partial charge in [0.2, 0.25) is 5.88 Å². The van der Waals surface area contributed by atoms with Gasteiger partial charge < -0.3 is 10.1 Å². The zero-order valence-electron chi connectivity index (χ0n) is 11.8. The maximum absolute atomic E-state index is 5.84. The topological polar surface area (TPSA) is 34.1 Å². The monoisotopic (exact) mass is 258 g/mol. The highest BCUT2D eigenvalue weighted by Crippen LogP contribution is 2.24. The molecule has 0 fully saturated rings. The molecule has 3 heteroatoms. The first-order chi connectivity index (χ1) is 9.35. The molecular formula is C16H22N2O. The second kappa shape index (κ2) is 7.10. The molecule has 3 nitrogen and oxygen atoms in total. The maximum atomic E-state index is 5.84. The molecule has 1 aromatic heterocycles. The summed E-state index contributed by atoms with van der Waals surface area (Å²) in [5, 5.41) is 5.59. The highest BCUT2D eigenvalue weighted by Gasteiger charge is 2.06. The van der Waals surface area contributed by atoms with Gasteiger partial charge in [-0.15, -0.1) is 0 Å². The minimum absolute atomic E-state index is 0.734. The summed E-state index contributed by atoms with van der Waals surface area (Å²) in [6, 6.07) is 10.4. The molecule has 0 aliphatic carbocycles. The number of pyridine rings is 1. The minimum atomic E-state index is 0.734. The van der Waals surface area contributed by atoms with Gasteiger partial charge in [0.15, 0.2) is 0 Å². The van der Waals surface area contributed by atoms with E-state index < -0.39 is 0 Å². The van der Waals surface area contributed by atoms with Gasteiger partial charge in [0.25, 0.3) is 0 Å². The van der Waals surface area contributed by atoms with E-state index in [0.717, 1.165) is 49.5 Å². The van der Waals surface area contributed by atoms with Crippen molar-refractivity contribution in [2.24, 2.45) is 0 Å². The standard InChI is InChI=1S/C16H22N2O/c1-3-5-10-19-16-15-9-7-6-8-13(15)11-14(18-16)12-17-4-2/h6-9,11,17H,3-5,10,12H2,1-2H3. The smallest absolute Gasteiger partial charge is 0.221 e. The molecule has 19 heavy (non-hydrogen) atoms. The molecule has 2 aromatic rings. The lowest BCUT2D eigenvalue weighted by molar-refractivity contribution is 0.301. The molecule has 0 bridgehead atoms. The molecule has 1 heterocycles. The lowest BCUT2D eigenvalue weighted by Crippen LogP contribution is -2.13. The number of rotatable bonds is 7. The zero-order chi connectivity index (χ0) is 13.5. The van der Waals surface area contributed by atoms with E-state index in [1.165, 1.54) is 5.39 Å². The van der Waals surface area contributed by atoms with Crippen LogP contribution in [0.25, 0.3) is 10.8 Å². The summed E-state index contributed by atoms with van der Waals surface area (Å²) < 4.78 is 5.84. The Morgan fingerprint density at radius 1 is 1.21 bits per heavy atom. The van der Waals surface area contributed by atoms with Gasteiger partial charge in [-0.25, -0.2) is 4.98 Å². The molecule has 1 aromatic carbocycles. The lowest BCUT2D eigenvalue weighted by Gasteiger charge is -2.11. The Balaban J connectivity index is 2.28. The van der Waals surface area contributed by atoms with Crippen LogP contribution in [0.5, 0.6) is 5.88 Å². The van der Waals surface area contributed by atoms with Crippen LogP contribution in [0.2, 0.25) is 0 Å². The van der Waals surface area contributed by atoms with E-state index >= 15 is 0 Å². The molecule has 0 amide bonds. The van der Waals surface area contributed by atoms with Crippen molar-refractivity contribution in [3.05, 3.63) is 36.0 Å². The molecule has 0 aliphatic heterocycles. The average Bonchev–Trinajstić information content (AvgIpc) is 2.45. The molecule has 0 spiro atoms. The van der Waals surface area contributed by atoms with E-state index in [1.807, 2.05) is 6.07 Å². The molecule has 0 unspecified atom stereocenters. The fourth-order valence-electron chi connectivity index (χ4n) is 1.99. The van der Waals surface area contributed by atoms with Crippen molar-refractivity contribution >= 4 is 10.8 Å². The molecular weight excluding hydrogens is 236 g/mol. The molecule has 2 rings (SSSR count).